The fourth-order valence-corrected chi connectivity index (χ4v) is 4.27. The maximum absolute atomic E-state index is 13.8. The van der Waals surface area contributed by atoms with Gasteiger partial charge in [-0.3, -0.25) is 9.59 Å². The number of carbonyl (C=O) groups is 2. The molecule has 26 heavy (non-hydrogen) atoms. The summed E-state index contributed by atoms with van der Waals surface area (Å²) in [4.78, 5) is 25.4. The molecule has 1 aromatic heterocycles. The molecular formula is C19H16FN3O2S. The first-order chi connectivity index (χ1) is 12.5. The largest absolute Gasteiger partial charge is 0.365 e. The van der Waals surface area contributed by atoms with Crippen molar-refractivity contribution in [3.05, 3.63) is 57.2 Å². The number of nitriles is 1. The minimum absolute atomic E-state index is 0.139. The smallest absolute Gasteiger partial charge is 0.266 e. The number of fused-ring (bicyclic) bond motifs is 1. The lowest BCUT2D eigenvalue weighted by Crippen LogP contribution is -2.19. The molecule has 2 amide bonds. The lowest BCUT2D eigenvalue weighted by atomic mass is 9.95. The van der Waals surface area contributed by atoms with E-state index in [9.17, 15) is 19.2 Å². The van der Waals surface area contributed by atoms with Crippen LogP contribution < -0.4 is 11.1 Å². The molecule has 3 rings (SSSR count). The van der Waals surface area contributed by atoms with Crippen LogP contribution >= 0.6 is 11.3 Å². The van der Waals surface area contributed by atoms with E-state index in [1.165, 1.54) is 35.6 Å². The molecule has 1 aliphatic rings. The van der Waals surface area contributed by atoms with Gasteiger partial charge in [-0.05, 0) is 43.4 Å². The number of rotatable bonds is 4. The molecular weight excluding hydrogens is 353 g/mol. The number of amides is 2. The van der Waals surface area contributed by atoms with E-state index in [-0.39, 0.29) is 11.1 Å². The quantitative estimate of drug-likeness (QED) is 0.638. The molecule has 5 nitrogen and oxygen atoms in total. The van der Waals surface area contributed by atoms with E-state index in [0.717, 1.165) is 36.1 Å². The SMILES string of the molecule is N#C/C(=C/c1ccccc1F)C(=O)Nc1sc2c(c1C(N)=O)CCCC2. The second-order valence-corrected chi connectivity index (χ2v) is 7.03. The highest BCUT2D eigenvalue weighted by atomic mass is 32.1. The topological polar surface area (TPSA) is 96.0 Å². The Morgan fingerprint density at radius 2 is 2.00 bits per heavy atom. The summed E-state index contributed by atoms with van der Waals surface area (Å²) in [5.41, 5.74) is 6.59. The summed E-state index contributed by atoms with van der Waals surface area (Å²) in [7, 11) is 0. The van der Waals surface area contributed by atoms with Crippen molar-refractivity contribution in [3.8, 4) is 6.07 Å². The summed E-state index contributed by atoms with van der Waals surface area (Å²) in [6, 6.07) is 7.63. The van der Waals surface area contributed by atoms with Gasteiger partial charge in [0.1, 0.15) is 22.5 Å². The molecule has 1 aromatic carbocycles. The second-order valence-electron chi connectivity index (χ2n) is 5.92. The number of benzene rings is 1. The molecule has 0 fully saturated rings. The Labute approximate surface area is 153 Å². The maximum Gasteiger partial charge on any atom is 0.266 e. The number of nitrogens with two attached hydrogens (primary N) is 1. The highest BCUT2D eigenvalue weighted by molar-refractivity contribution is 7.17. The number of carbonyl (C=O) groups excluding carboxylic acids is 2. The molecule has 0 saturated heterocycles. The highest BCUT2D eigenvalue weighted by Crippen LogP contribution is 2.38. The summed E-state index contributed by atoms with van der Waals surface area (Å²) in [5.74, 6) is -1.83. The van der Waals surface area contributed by atoms with E-state index >= 15 is 0 Å². The van der Waals surface area contributed by atoms with Gasteiger partial charge < -0.3 is 11.1 Å². The first-order valence-corrected chi connectivity index (χ1v) is 8.95. The van der Waals surface area contributed by atoms with Crippen LogP contribution in [0, 0.1) is 17.1 Å². The molecule has 0 atom stereocenters. The van der Waals surface area contributed by atoms with E-state index in [1.807, 2.05) is 0 Å². The Hall–Kier alpha value is -2.98. The zero-order valence-electron chi connectivity index (χ0n) is 13.8. The second kappa shape index (κ2) is 7.50. The number of thiophene rings is 1. The summed E-state index contributed by atoms with van der Waals surface area (Å²) in [6.45, 7) is 0. The number of hydrogen-bond acceptors (Lipinski definition) is 4. The van der Waals surface area contributed by atoms with Crippen LogP contribution in [0.2, 0.25) is 0 Å². The fraction of sp³-hybridized carbons (Fsp3) is 0.211. The van der Waals surface area contributed by atoms with Gasteiger partial charge >= 0.3 is 0 Å². The Bertz CT molecular complexity index is 956. The van der Waals surface area contributed by atoms with Gasteiger partial charge in [0.2, 0.25) is 0 Å². The zero-order chi connectivity index (χ0) is 18.7. The van der Waals surface area contributed by atoms with Crippen LogP contribution in [0.25, 0.3) is 6.08 Å². The first kappa shape index (κ1) is 17.8. The van der Waals surface area contributed by atoms with Crippen LogP contribution in [0.1, 0.15) is 39.2 Å². The van der Waals surface area contributed by atoms with Gasteiger partial charge in [0.05, 0.1) is 5.56 Å². The van der Waals surface area contributed by atoms with Crippen LogP contribution in [0.4, 0.5) is 9.39 Å². The molecule has 1 heterocycles. The zero-order valence-corrected chi connectivity index (χ0v) is 14.7. The van der Waals surface area contributed by atoms with Crippen LogP contribution in [-0.2, 0) is 17.6 Å². The van der Waals surface area contributed by atoms with Crippen molar-refractivity contribution in [2.45, 2.75) is 25.7 Å². The van der Waals surface area contributed by atoms with Crippen LogP contribution in [0.5, 0.6) is 0 Å². The number of nitrogens with one attached hydrogen (secondary N) is 1. The lowest BCUT2D eigenvalue weighted by molar-refractivity contribution is -0.112. The average molecular weight is 369 g/mol. The summed E-state index contributed by atoms with van der Waals surface area (Å²) in [5, 5.41) is 12.2. The number of anilines is 1. The van der Waals surface area contributed by atoms with Crippen molar-refractivity contribution in [1.82, 2.24) is 0 Å². The van der Waals surface area contributed by atoms with Crippen molar-refractivity contribution in [3.63, 3.8) is 0 Å². The molecule has 132 valence electrons. The average Bonchev–Trinajstić information content (AvgIpc) is 2.98. The van der Waals surface area contributed by atoms with Crippen LogP contribution in [0.15, 0.2) is 29.8 Å². The van der Waals surface area contributed by atoms with E-state index in [2.05, 4.69) is 5.32 Å². The molecule has 0 bridgehead atoms. The van der Waals surface area contributed by atoms with Gasteiger partial charge in [0.15, 0.2) is 0 Å². The van der Waals surface area contributed by atoms with E-state index in [4.69, 9.17) is 5.73 Å². The maximum atomic E-state index is 13.8. The molecule has 3 N–H and O–H groups in total. The van der Waals surface area contributed by atoms with Crippen molar-refractivity contribution in [1.29, 1.82) is 5.26 Å². The van der Waals surface area contributed by atoms with Gasteiger partial charge in [-0.25, -0.2) is 4.39 Å². The molecule has 0 aliphatic heterocycles. The number of halogens is 1. The normalized spacial score (nSPS) is 13.6. The summed E-state index contributed by atoms with van der Waals surface area (Å²) >= 11 is 1.31. The number of aryl methyl sites for hydroxylation is 1. The molecule has 0 saturated carbocycles. The third kappa shape index (κ3) is 3.51. The lowest BCUT2D eigenvalue weighted by Gasteiger charge is -2.11. The van der Waals surface area contributed by atoms with Crippen molar-refractivity contribution in [2.75, 3.05) is 5.32 Å². The highest BCUT2D eigenvalue weighted by Gasteiger charge is 2.25. The minimum Gasteiger partial charge on any atom is -0.365 e. The predicted molar refractivity (Wildman–Crippen MR) is 98.1 cm³/mol. The van der Waals surface area contributed by atoms with Crippen LogP contribution in [-0.4, -0.2) is 11.8 Å². The van der Waals surface area contributed by atoms with Gasteiger partial charge in [0.25, 0.3) is 11.8 Å². The molecule has 0 unspecified atom stereocenters. The third-order valence-corrected chi connectivity index (χ3v) is 5.42. The standard InChI is InChI=1S/C19H16FN3O2S/c20-14-7-3-1-5-11(14)9-12(10-21)18(25)23-19-16(17(22)24)13-6-2-4-8-15(13)26-19/h1,3,5,7,9H,2,4,6,8H2,(H2,22,24)(H,23,25)/b12-9-. The Morgan fingerprint density at radius 3 is 2.69 bits per heavy atom. The van der Waals surface area contributed by atoms with Crippen LogP contribution in [0.3, 0.4) is 0 Å². The number of nitrogens with zero attached hydrogens (tertiary/aromatic N) is 1. The third-order valence-electron chi connectivity index (χ3n) is 4.21. The fourth-order valence-electron chi connectivity index (χ4n) is 2.98. The molecule has 2 aromatic rings. The molecule has 0 radical (unpaired) electrons. The Balaban J connectivity index is 1.92. The van der Waals surface area contributed by atoms with Gasteiger partial charge in [-0.15, -0.1) is 11.3 Å². The summed E-state index contributed by atoms with van der Waals surface area (Å²) in [6.07, 6.45) is 4.76. The molecule has 7 heteroatoms. The minimum atomic E-state index is -0.697. The van der Waals surface area contributed by atoms with Crippen molar-refractivity contribution in [2.24, 2.45) is 5.73 Å². The number of hydrogen-bond donors (Lipinski definition) is 2. The van der Waals surface area contributed by atoms with E-state index < -0.39 is 17.6 Å². The van der Waals surface area contributed by atoms with Gasteiger partial charge in [-0.2, -0.15) is 5.26 Å². The van der Waals surface area contributed by atoms with E-state index in [0.29, 0.717) is 10.6 Å². The Morgan fingerprint density at radius 1 is 1.27 bits per heavy atom. The first-order valence-electron chi connectivity index (χ1n) is 8.13. The monoisotopic (exact) mass is 369 g/mol. The van der Waals surface area contributed by atoms with Gasteiger partial charge in [0, 0.05) is 10.4 Å². The number of primary amides is 1. The predicted octanol–water partition coefficient (Wildman–Crippen LogP) is 3.41. The molecule has 1 aliphatic carbocycles. The van der Waals surface area contributed by atoms with E-state index in [1.54, 1.807) is 12.1 Å². The Kier molecular flexibility index (Phi) is 5.14. The van der Waals surface area contributed by atoms with Crippen molar-refractivity contribution < 1.29 is 14.0 Å². The van der Waals surface area contributed by atoms with Crippen molar-refractivity contribution >= 4 is 34.2 Å². The van der Waals surface area contributed by atoms with Gasteiger partial charge in [-0.1, -0.05) is 18.2 Å². The molecule has 0 spiro atoms. The summed E-state index contributed by atoms with van der Waals surface area (Å²) < 4.78 is 13.8.